The molecule has 0 bridgehead atoms. The van der Waals surface area contributed by atoms with E-state index in [2.05, 4.69) is 61.9 Å². The molecule has 1 atom stereocenters. The molecule has 0 heterocycles. The number of imide groups is 1. The number of benzene rings is 4. The van der Waals surface area contributed by atoms with Crippen LogP contribution >= 0.6 is 0 Å². The lowest BCUT2D eigenvalue weighted by atomic mass is 9.78. The highest BCUT2D eigenvalue weighted by atomic mass is 16.6. The van der Waals surface area contributed by atoms with Crippen LogP contribution in [0, 0.1) is 5.92 Å². The molecule has 0 spiro atoms. The summed E-state index contributed by atoms with van der Waals surface area (Å²) < 4.78 is 11.4. The average Bonchev–Trinajstić information content (AvgIpc) is 3.16. The Bertz CT molecular complexity index is 1720. The first-order valence-electron chi connectivity index (χ1n) is 17.7. The third-order valence-electron chi connectivity index (χ3n) is 9.60. The van der Waals surface area contributed by atoms with Crippen molar-refractivity contribution < 1.29 is 28.7 Å². The SMILES string of the molecule is CC(C)(c1ccccc1)c1ccc(OC(=O)N(CCCC(CCCCN=C=O)CN=C=O)C(=O)Oc2ccc(C(C)(C)c3ccccc3)cc2)cc1. The van der Waals surface area contributed by atoms with Gasteiger partial charge in [0.25, 0.3) is 0 Å². The summed E-state index contributed by atoms with van der Waals surface area (Å²) in [6.45, 7) is 9.19. The van der Waals surface area contributed by atoms with Crippen LogP contribution in [0.2, 0.25) is 0 Å². The summed E-state index contributed by atoms with van der Waals surface area (Å²) in [4.78, 5) is 56.7. The smallest absolute Gasteiger partial charge is 0.410 e. The molecule has 9 nitrogen and oxygen atoms in total. The molecule has 0 radical (unpaired) electrons. The minimum absolute atomic E-state index is 0.0107. The van der Waals surface area contributed by atoms with Gasteiger partial charge in [0.1, 0.15) is 11.5 Å². The number of carbonyl (C=O) groups is 2. The number of amides is 2. The zero-order chi connectivity index (χ0) is 37.4. The highest BCUT2D eigenvalue weighted by molar-refractivity contribution is 5.89. The normalized spacial score (nSPS) is 11.8. The molecule has 0 saturated heterocycles. The Hall–Kier alpha value is -5.62. The van der Waals surface area contributed by atoms with Crippen LogP contribution in [-0.2, 0) is 20.4 Å². The summed E-state index contributed by atoms with van der Waals surface area (Å²) in [6, 6.07) is 34.8. The van der Waals surface area contributed by atoms with Gasteiger partial charge >= 0.3 is 12.2 Å². The molecular weight excluding hydrogens is 654 g/mol. The van der Waals surface area contributed by atoms with Crippen LogP contribution in [0.5, 0.6) is 11.5 Å². The summed E-state index contributed by atoms with van der Waals surface area (Å²) in [7, 11) is 0. The molecule has 0 aromatic heterocycles. The van der Waals surface area contributed by atoms with Crippen molar-refractivity contribution >= 4 is 24.3 Å². The Morgan fingerprint density at radius 2 is 1.02 bits per heavy atom. The lowest BCUT2D eigenvalue weighted by Gasteiger charge is -2.26. The summed E-state index contributed by atoms with van der Waals surface area (Å²) in [5, 5.41) is 0. The lowest BCUT2D eigenvalue weighted by Crippen LogP contribution is -2.41. The van der Waals surface area contributed by atoms with Gasteiger partial charge in [0, 0.05) is 17.4 Å². The minimum atomic E-state index is -0.865. The third kappa shape index (κ3) is 10.9. The Balaban J connectivity index is 1.48. The first kappa shape index (κ1) is 39.2. The van der Waals surface area contributed by atoms with Gasteiger partial charge < -0.3 is 9.47 Å². The minimum Gasteiger partial charge on any atom is -0.410 e. The second-order valence-corrected chi connectivity index (χ2v) is 13.8. The van der Waals surface area contributed by atoms with E-state index >= 15 is 0 Å². The second-order valence-electron chi connectivity index (χ2n) is 13.8. The zero-order valence-electron chi connectivity index (χ0n) is 30.4. The van der Waals surface area contributed by atoms with Crippen LogP contribution in [0.25, 0.3) is 0 Å². The third-order valence-corrected chi connectivity index (χ3v) is 9.60. The van der Waals surface area contributed by atoms with Crippen molar-refractivity contribution in [3.63, 3.8) is 0 Å². The lowest BCUT2D eigenvalue weighted by molar-refractivity contribution is 0.130. The average molecular weight is 702 g/mol. The van der Waals surface area contributed by atoms with Crippen LogP contribution in [0.4, 0.5) is 9.59 Å². The highest BCUT2D eigenvalue weighted by Gasteiger charge is 2.28. The molecule has 2 amide bonds. The number of hydrogen-bond donors (Lipinski definition) is 0. The zero-order valence-corrected chi connectivity index (χ0v) is 30.4. The van der Waals surface area contributed by atoms with E-state index < -0.39 is 12.2 Å². The number of ether oxygens (including phenoxy) is 2. The Morgan fingerprint density at radius 1 is 0.596 bits per heavy atom. The molecule has 0 aliphatic rings. The maximum absolute atomic E-state index is 13.6. The summed E-state index contributed by atoms with van der Waals surface area (Å²) >= 11 is 0. The number of nitrogens with zero attached hydrogens (tertiary/aromatic N) is 3. The van der Waals surface area contributed by atoms with E-state index in [9.17, 15) is 19.2 Å². The number of hydrogen-bond acceptors (Lipinski definition) is 8. The van der Waals surface area contributed by atoms with Gasteiger partial charge in [-0.3, -0.25) is 0 Å². The van der Waals surface area contributed by atoms with Crippen LogP contribution < -0.4 is 9.47 Å². The summed E-state index contributed by atoms with van der Waals surface area (Å²) in [5.41, 5.74) is 3.81. The second kappa shape index (κ2) is 19.1. The summed E-state index contributed by atoms with van der Waals surface area (Å²) in [6.07, 6.45) is 4.59. The molecule has 0 fully saturated rings. The van der Waals surface area contributed by atoms with Gasteiger partial charge in [-0.05, 0) is 78.1 Å². The van der Waals surface area contributed by atoms with Gasteiger partial charge in [-0.1, -0.05) is 119 Å². The topological polar surface area (TPSA) is 115 Å². The number of rotatable bonds is 17. The molecule has 0 saturated carbocycles. The van der Waals surface area contributed by atoms with Crippen molar-refractivity contribution in [3.8, 4) is 11.5 Å². The number of unbranched alkanes of at least 4 members (excludes halogenated alkanes) is 1. The fourth-order valence-electron chi connectivity index (χ4n) is 6.19. The first-order chi connectivity index (χ1) is 25.1. The van der Waals surface area contributed by atoms with Crippen molar-refractivity contribution in [1.82, 2.24) is 4.90 Å². The van der Waals surface area contributed by atoms with E-state index in [1.54, 1.807) is 30.3 Å². The molecule has 0 aliphatic carbocycles. The summed E-state index contributed by atoms with van der Waals surface area (Å²) in [5.74, 6) is 0.592. The number of carbonyl (C=O) groups excluding carboxylic acids is 4. The fraction of sp³-hybridized carbons (Fsp3) is 0.349. The van der Waals surface area contributed by atoms with E-state index in [1.165, 1.54) is 6.08 Å². The van der Waals surface area contributed by atoms with Gasteiger partial charge in [0.15, 0.2) is 0 Å². The van der Waals surface area contributed by atoms with E-state index in [1.807, 2.05) is 60.7 Å². The van der Waals surface area contributed by atoms with Crippen LogP contribution in [0.3, 0.4) is 0 Å². The van der Waals surface area contributed by atoms with Crippen LogP contribution in [0.1, 0.15) is 82.1 Å². The maximum atomic E-state index is 13.6. The predicted molar refractivity (Wildman–Crippen MR) is 201 cm³/mol. The standard InChI is InChI=1S/C43H47N3O6/c1-42(2,34-16-7-5-8-17-34)36-20-24-38(25-21-36)51-40(49)46(29-13-15-33(30-45-32-48)14-11-12-28-44-31-47)41(50)52-39-26-22-37(23-27-39)43(3,4)35-18-9-6-10-19-35/h5-10,16-27,33H,11-15,28-30H2,1-4H3. The fourth-order valence-corrected chi connectivity index (χ4v) is 6.19. The quantitative estimate of drug-likeness (QED) is 0.0615. The molecule has 1 unspecified atom stereocenters. The Kier molecular flexibility index (Phi) is 14.4. The molecule has 0 N–H and O–H groups in total. The van der Waals surface area contributed by atoms with Gasteiger partial charge in [0.2, 0.25) is 12.2 Å². The molecule has 4 aromatic rings. The van der Waals surface area contributed by atoms with E-state index in [0.29, 0.717) is 37.3 Å². The highest BCUT2D eigenvalue weighted by Crippen LogP contribution is 2.34. The Morgan fingerprint density at radius 3 is 1.46 bits per heavy atom. The van der Waals surface area contributed by atoms with Crippen LogP contribution in [0.15, 0.2) is 119 Å². The monoisotopic (exact) mass is 701 g/mol. The molecule has 270 valence electrons. The molecular formula is C43H47N3O6. The molecule has 0 aliphatic heterocycles. The maximum Gasteiger partial charge on any atom is 0.424 e. The van der Waals surface area contributed by atoms with E-state index in [4.69, 9.17) is 9.47 Å². The first-order valence-corrected chi connectivity index (χ1v) is 17.7. The van der Waals surface area contributed by atoms with E-state index in [-0.39, 0.29) is 29.8 Å². The van der Waals surface area contributed by atoms with Crippen molar-refractivity contribution in [2.45, 2.75) is 70.6 Å². The van der Waals surface area contributed by atoms with Gasteiger partial charge in [-0.15, -0.1) is 0 Å². The van der Waals surface area contributed by atoms with Gasteiger partial charge in [-0.2, -0.15) is 0 Å². The Labute approximate surface area is 306 Å². The van der Waals surface area contributed by atoms with Crippen LogP contribution in [-0.4, -0.2) is 48.9 Å². The van der Waals surface area contributed by atoms with Crippen molar-refractivity contribution in [2.24, 2.45) is 15.9 Å². The predicted octanol–water partition coefficient (Wildman–Crippen LogP) is 9.58. The van der Waals surface area contributed by atoms with Gasteiger partial charge in [-0.25, -0.2) is 34.1 Å². The number of aliphatic imine (C=N–C) groups is 2. The van der Waals surface area contributed by atoms with Crippen molar-refractivity contribution in [3.05, 3.63) is 131 Å². The molecule has 52 heavy (non-hydrogen) atoms. The molecule has 4 rings (SSSR count). The molecule has 4 aromatic carbocycles. The largest absolute Gasteiger partial charge is 0.424 e. The van der Waals surface area contributed by atoms with Crippen molar-refractivity contribution in [1.29, 1.82) is 0 Å². The van der Waals surface area contributed by atoms with E-state index in [0.717, 1.165) is 40.0 Å². The van der Waals surface area contributed by atoms with Crippen molar-refractivity contribution in [2.75, 3.05) is 19.6 Å². The van der Waals surface area contributed by atoms with Gasteiger partial charge in [0.05, 0.1) is 13.1 Å². The molecule has 9 heteroatoms. The number of isocyanates is 2.